The van der Waals surface area contributed by atoms with Crippen molar-refractivity contribution in [2.24, 2.45) is 0 Å². The smallest absolute Gasteiger partial charge is 0.166 e. The summed E-state index contributed by atoms with van der Waals surface area (Å²) < 4.78 is 37.7. The van der Waals surface area contributed by atoms with Crippen LogP contribution in [0.3, 0.4) is 0 Å². The molecule has 3 heteroatoms. The molecule has 14 heavy (non-hydrogen) atoms. The first kappa shape index (κ1) is 9.56. The largest absolute Gasteiger partial charge is 0.416 e. The average Bonchev–Trinajstić information content (AvgIpc) is 2.46. The molecular formula is C11H11F3. The molecule has 0 amide bonds. The van der Waals surface area contributed by atoms with Crippen molar-refractivity contribution >= 4 is 0 Å². The number of rotatable bonds is 0. The minimum atomic E-state index is -4.20. The van der Waals surface area contributed by atoms with Crippen LogP contribution in [0.1, 0.15) is 36.0 Å². The summed E-state index contributed by atoms with van der Waals surface area (Å²) in [5, 5.41) is 0. The van der Waals surface area contributed by atoms with Gasteiger partial charge >= 0.3 is 6.18 Å². The van der Waals surface area contributed by atoms with Crippen LogP contribution in [0.25, 0.3) is 0 Å². The highest BCUT2D eigenvalue weighted by molar-refractivity contribution is 5.42. The van der Waals surface area contributed by atoms with E-state index in [2.05, 4.69) is 0 Å². The highest BCUT2D eigenvalue weighted by atomic mass is 19.4. The van der Waals surface area contributed by atoms with Crippen LogP contribution in [0.15, 0.2) is 18.2 Å². The van der Waals surface area contributed by atoms with Crippen LogP contribution in [0.2, 0.25) is 0 Å². The third kappa shape index (κ3) is 1.41. The minimum absolute atomic E-state index is 0.271. The Balaban J connectivity index is 2.55. The van der Waals surface area contributed by atoms with Crippen LogP contribution in [-0.2, 0) is 12.6 Å². The van der Waals surface area contributed by atoms with E-state index in [1.807, 2.05) is 13.0 Å². The number of hydrogen-bond acceptors (Lipinski definition) is 0. The first-order valence-electron chi connectivity index (χ1n) is 4.69. The Morgan fingerprint density at radius 2 is 2.00 bits per heavy atom. The van der Waals surface area contributed by atoms with Gasteiger partial charge in [0.1, 0.15) is 0 Å². The zero-order valence-electron chi connectivity index (χ0n) is 7.86. The number of fused-ring (bicyclic) bond motifs is 1. The van der Waals surface area contributed by atoms with Crippen molar-refractivity contribution in [1.29, 1.82) is 0 Å². The maximum absolute atomic E-state index is 12.6. The van der Waals surface area contributed by atoms with E-state index in [4.69, 9.17) is 0 Å². The van der Waals surface area contributed by atoms with E-state index in [1.54, 1.807) is 0 Å². The molecule has 0 bridgehead atoms. The molecule has 1 aromatic rings. The molecule has 1 aromatic carbocycles. The van der Waals surface area contributed by atoms with E-state index in [0.717, 1.165) is 12.0 Å². The van der Waals surface area contributed by atoms with Gasteiger partial charge in [-0.1, -0.05) is 19.1 Å². The predicted octanol–water partition coefficient (Wildman–Crippen LogP) is 3.76. The monoisotopic (exact) mass is 200 g/mol. The Morgan fingerprint density at radius 3 is 2.64 bits per heavy atom. The molecule has 0 saturated heterocycles. The summed E-state index contributed by atoms with van der Waals surface area (Å²) in [6, 6.07) is 4.49. The van der Waals surface area contributed by atoms with Gasteiger partial charge in [0.15, 0.2) is 0 Å². The van der Waals surface area contributed by atoms with Crippen molar-refractivity contribution < 1.29 is 13.2 Å². The second-order valence-corrected chi connectivity index (χ2v) is 3.81. The van der Waals surface area contributed by atoms with Crippen molar-refractivity contribution in [3.63, 3.8) is 0 Å². The van der Waals surface area contributed by atoms with Gasteiger partial charge in [0.25, 0.3) is 0 Å². The Kier molecular flexibility index (Phi) is 2.05. The molecule has 0 radical (unpaired) electrons. The zero-order chi connectivity index (χ0) is 10.3. The Morgan fingerprint density at radius 1 is 1.29 bits per heavy atom. The van der Waals surface area contributed by atoms with Crippen molar-refractivity contribution in [2.75, 3.05) is 0 Å². The van der Waals surface area contributed by atoms with Gasteiger partial charge in [0.2, 0.25) is 0 Å². The molecule has 1 atom stereocenters. The molecule has 0 aromatic heterocycles. The summed E-state index contributed by atoms with van der Waals surface area (Å²) in [6.45, 7) is 1.98. The van der Waals surface area contributed by atoms with Gasteiger partial charge in [-0.2, -0.15) is 13.2 Å². The van der Waals surface area contributed by atoms with Crippen molar-refractivity contribution in [3.05, 3.63) is 34.9 Å². The Labute approximate surface area is 80.7 Å². The van der Waals surface area contributed by atoms with Crippen LogP contribution < -0.4 is 0 Å². The molecule has 0 saturated carbocycles. The SMILES string of the molecule is CC1CCc2c1cccc2C(F)(F)F. The topological polar surface area (TPSA) is 0 Å². The summed E-state index contributed by atoms with van der Waals surface area (Å²) in [7, 11) is 0. The second-order valence-electron chi connectivity index (χ2n) is 3.81. The number of alkyl halides is 3. The standard InChI is InChI=1S/C11H11F3/c1-7-5-6-9-8(7)3-2-4-10(9)11(12,13)14/h2-4,7H,5-6H2,1H3. The number of halogens is 3. The lowest BCUT2D eigenvalue weighted by atomic mass is 10.00. The molecule has 76 valence electrons. The Bertz CT molecular complexity index is 352. The van der Waals surface area contributed by atoms with E-state index < -0.39 is 11.7 Å². The van der Waals surface area contributed by atoms with Crippen molar-refractivity contribution in [1.82, 2.24) is 0 Å². The summed E-state index contributed by atoms with van der Waals surface area (Å²) in [5.41, 5.74) is 0.937. The molecule has 1 aliphatic rings. The van der Waals surface area contributed by atoms with Gasteiger partial charge in [-0.3, -0.25) is 0 Å². The van der Waals surface area contributed by atoms with E-state index in [1.165, 1.54) is 12.1 Å². The van der Waals surface area contributed by atoms with Crippen molar-refractivity contribution in [3.8, 4) is 0 Å². The van der Waals surface area contributed by atoms with Crippen LogP contribution >= 0.6 is 0 Å². The molecule has 0 aliphatic heterocycles. The summed E-state index contributed by atoms with van der Waals surface area (Å²) in [4.78, 5) is 0. The average molecular weight is 200 g/mol. The number of benzene rings is 1. The fourth-order valence-electron chi connectivity index (χ4n) is 2.13. The van der Waals surface area contributed by atoms with Gasteiger partial charge in [0, 0.05) is 0 Å². The van der Waals surface area contributed by atoms with Gasteiger partial charge in [-0.15, -0.1) is 0 Å². The quantitative estimate of drug-likeness (QED) is 0.598. The fraction of sp³-hybridized carbons (Fsp3) is 0.455. The van der Waals surface area contributed by atoms with E-state index in [9.17, 15) is 13.2 Å². The molecule has 1 unspecified atom stereocenters. The van der Waals surface area contributed by atoms with Crippen LogP contribution in [0.5, 0.6) is 0 Å². The summed E-state index contributed by atoms with van der Waals surface area (Å²) in [6.07, 6.45) is -2.80. The third-order valence-corrected chi connectivity index (χ3v) is 2.88. The lowest BCUT2D eigenvalue weighted by Gasteiger charge is -2.12. The fourth-order valence-corrected chi connectivity index (χ4v) is 2.13. The highest BCUT2D eigenvalue weighted by Crippen LogP contribution is 2.40. The third-order valence-electron chi connectivity index (χ3n) is 2.88. The van der Waals surface area contributed by atoms with Crippen LogP contribution in [0.4, 0.5) is 13.2 Å². The summed E-state index contributed by atoms with van der Waals surface area (Å²) >= 11 is 0. The zero-order valence-corrected chi connectivity index (χ0v) is 7.86. The van der Waals surface area contributed by atoms with Gasteiger partial charge in [0.05, 0.1) is 5.56 Å². The minimum Gasteiger partial charge on any atom is -0.166 e. The maximum Gasteiger partial charge on any atom is 0.416 e. The van der Waals surface area contributed by atoms with Gasteiger partial charge < -0.3 is 0 Å². The molecular weight excluding hydrogens is 189 g/mol. The number of hydrogen-bond donors (Lipinski definition) is 0. The predicted molar refractivity (Wildman–Crippen MR) is 48.2 cm³/mol. The molecule has 2 rings (SSSR count). The Hall–Kier alpha value is -0.990. The maximum atomic E-state index is 12.6. The van der Waals surface area contributed by atoms with Gasteiger partial charge in [-0.05, 0) is 36.0 Å². The molecule has 0 N–H and O–H groups in total. The van der Waals surface area contributed by atoms with Crippen molar-refractivity contribution in [2.45, 2.75) is 31.9 Å². The lowest BCUT2D eigenvalue weighted by Crippen LogP contribution is -2.08. The second kappa shape index (κ2) is 3.01. The molecule has 0 fully saturated rings. The van der Waals surface area contributed by atoms with E-state index >= 15 is 0 Å². The molecule has 0 nitrogen and oxygen atoms in total. The van der Waals surface area contributed by atoms with Gasteiger partial charge in [-0.25, -0.2) is 0 Å². The first-order chi connectivity index (χ1) is 6.50. The van der Waals surface area contributed by atoms with E-state index in [0.29, 0.717) is 12.0 Å². The van der Waals surface area contributed by atoms with E-state index in [-0.39, 0.29) is 5.92 Å². The molecule has 0 spiro atoms. The molecule has 1 aliphatic carbocycles. The van der Waals surface area contributed by atoms with Crippen LogP contribution in [-0.4, -0.2) is 0 Å². The highest BCUT2D eigenvalue weighted by Gasteiger charge is 2.36. The molecule has 0 heterocycles. The van der Waals surface area contributed by atoms with Crippen LogP contribution in [0, 0.1) is 0 Å². The summed E-state index contributed by atoms with van der Waals surface area (Å²) in [5.74, 6) is 0.271. The lowest BCUT2D eigenvalue weighted by molar-refractivity contribution is -0.138. The normalized spacial score (nSPS) is 21.0. The first-order valence-corrected chi connectivity index (χ1v) is 4.69.